The van der Waals surface area contributed by atoms with Crippen LogP contribution in [-0.4, -0.2) is 47.8 Å². The van der Waals surface area contributed by atoms with Crippen molar-refractivity contribution in [3.63, 3.8) is 0 Å². The number of rotatable bonds is 4. The van der Waals surface area contributed by atoms with Crippen molar-refractivity contribution in [2.45, 2.75) is 25.9 Å². The lowest BCUT2D eigenvalue weighted by molar-refractivity contribution is 0.0523. The van der Waals surface area contributed by atoms with Gasteiger partial charge in [0.1, 0.15) is 0 Å². The first-order chi connectivity index (χ1) is 8.72. The van der Waals surface area contributed by atoms with Gasteiger partial charge in [0.15, 0.2) is 0 Å². The summed E-state index contributed by atoms with van der Waals surface area (Å²) in [5.74, 6) is 1.10. The number of nitrogens with zero attached hydrogens (tertiary/aromatic N) is 4. The lowest BCUT2D eigenvalue weighted by atomic mass is 10.1. The fourth-order valence-corrected chi connectivity index (χ4v) is 2.24. The van der Waals surface area contributed by atoms with Crippen molar-refractivity contribution >= 4 is 23.5 Å². The molecule has 0 bridgehead atoms. The van der Waals surface area contributed by atoms with E-state index in [9.17, 15) is 0 Å². The minimum atomic E-state index is 0.211. The number of nitrogens with one attached hydrogen (secondary N) is 1. The van der Waals surface area contributed by atoms with Gasteiger partial charge in [-0.1, -0.05) is 0 Å². The minimum Gasteiger partial charge on any atom is -0.377 e. The molecular formula is C11H18ClN5O. The second-order valence-electron chi connectivity index (χ2n) is 4.14. The Hall–Kier alpha value is -1.14. The highest BCUT2D eigenvalue weighted by Crippen LogP contribution is 2.20. The quantitative estimate of drug-likeness (QED) is 0.897. The molecule has 18 heavy (non-hydrogen) atoms. The summed E-state index contributed by atoms with van der Waals surface area (Å²) in [4.78, 5) is 14.6. The van der Waals surface area contributed by atoms with Gasteiger partial charge in [0.25, 0.3) is 0 Å². The van der Waals surface area contributed by atoms with Gasteiger partial charge in [0, 0.05) is 26.7 Å². The molecule has 0 spiro atoms. The van der Waals surface area contributed by atoms with Gasteiger partial charge in [-0.3, -0.25) is 0 Å². The summed E-state index contributed by atoms with van der Waals surface area (Å²) in [6.07, 6.45) is 2.41. The average Bonchev–Trinajstić information content (AvgIpc) is 2.39. The molecule has 1 unspecified atom stereocenters. The van der Waals surface area contributed by atoms with Gasteiger partial charge in [-0.05, 0) is 31.4 Å². The highest BCUT2D eigenvalue weighted by atomic mass is 35.5. The summed E-state index contributed by atoms with van der Waals surface area (Å²) in [6, 6.07) is 0. The first-order valence-corrected chi connectivity index (χ1v) is 6.56. The number of halogens is 1. The average molecular weight is 272 g/mol. The van der Waals surface area contributed by atoms with Crippen LogP contribution in [0.3, 0.4) is 0 Å². The summed E-state index contributed by atoms with van der Waals surface area (Å²) in [5.41, 5.74) is 0. The molecule has 0 radical (unpaired) electrons. The predicted molar refractivity (Wildman–Crippen MR) is 71.2 cm³/mol. The molecule has 1 atom stereocenters. The van der Waals surface area contributed by atoms with Crippen LogP contribution in [0.1, 0.15) is 19.8 Å². The monoisotopic (exact) mass is 271 g/mol. The summed E-state index contributed by atoms with van der Waals surface area (Å²) in [6.45, 7) is 4.47. The molecule has 1 aliphatic heterocycles. The molecule has 0 saturated carbocycles. The maximum Gasteiger partial charge on any atom is 0.231 e. The van der Waals surface area contributed by atoms with E-state index in [1.165, 1.54) is 0 Å². The fourth-order valence-electron chi connectivity index (χ4n) is 2.08. The smallest absolute Gasteiger partial charge is 0.231 e. The summed E-state index contributed by atoms with van der Waals surface area (Å²) >= 11 is 5.89. The largest absolute Gasteiger partial charge is 0.377 e. The van der Waals surface area contributed by atoms with Crippen LogP contribution in [0.4, 0.5) is 11.9 Å². The topological polar surface area (TPSA) is 63.2 Å². The first-order valence-electron chi connectivity index (χ1n) is 6.18. The van der Waals surface area contributed by atoms with Crippen LogP contribution in [-0.2, 0) is 4.74 Å². The van der Waals surface area contributed by atoms with Crippen molar-refractivity contribution in [2.24, 2.45) is 0 Å². The van der Waals surface area contributed by atoms with Crippen molar-refractivity contribution in [3.8, 4) is 0 Å². The van der Waals surface area contributed by atoms with E-state index in [0.717, 1.165) is 32.5 Å². The zero-order chi connectivity index (χ0) is 13.0. The molecule has 1 aromatic rings. The third kappa shape index (κ3) is 3.20. The van der Waals surface area contributed by atoms with Crippen molar-refractivity contribution in [1.82, 2.24) is 15.0 Å². The number of ether oxygens (including phenoxy) is 1. The molecule has 0 aliphatic carbocycles. The van der Waals surface area contributed by atoms with Crippen LogP contribution >= 0.6 is 11.6 Å². The SMILES string of the molecule is CCOC1CCCN(c2nc(Cl)nc(NC)n2)C1. The van der Waals surface area contributed by atoms with Crippen LogP contribution in [0.15, 0.2) is 0 Å². The number of anilines is 2. The third-order valence-corrected chi connectivity index (χ3v) is 3.05. The second-order valence-corrected chi connectivity index (χ2v) is 4.48. The molecule has 7 heteroatoms. The number of piperidine rings is 1. The Morgan fingerprint density at radius 2 is 2.28 bits per heavy atom. The van der Waals surface area contributed by atoms with Crippen LogP contribution < -0.4 is 10.2 Å². The molecule has 1 N–H and O–H groups in total. The molecule has 6 nitrogen and oxygen atoms in total. The summed E-state index contributed by atoms with van der Waals surface area (Å²) < 4.78 is 5.66. The van der Waals surface area contributed by atoms with E-state index in [2.05, 4.69) is 25.2 Å². The Labute approximate surface area is 112 Å². The second kappa shape index (κ2) is 6.15. The van der Waals surface area contributed by atoms with E-state index in [-0.39, 0.29) is 11.4 Å². The van der Waals surface area contributed by atoms with E-state index < -0.39 is 0 Å². The Morgan fingerprint density at radius 3 is 3.00 bits per heavy atom. The lowest BCUT2D eigenvalue weighted by Crippen LogP contribution is -2.40. The molecule has 1 saturated heterocycles. The van der Waals surface area contributed by atoms with Gasteiger partial charge in [-0.2, -0.15) is 15.0 Å². The number of hydrogen-bond donors (Lipinski definition) is 1. The maximum absolute atomic E-state index is 5.89. The van der Waals surface area contributed by atoms with Crippen LogP contribution in [0.2, 0.25) is 5.28 Å². The third-order valence-electron chi connectivity index (χ3n) is 2.88. The Balaban J connectivity index is 2.12. The van der Waals surface area contributed by atoms with Gasteiger partial charge >= 0.3 is 0 Å². The van der Waals surface area contributed by atoms with Gasteiger partial charge in [0.05, 0.1) is 6.10 Å². The predicted octanol–water partition coefficient (Wildman–Crippen LogP) is 1.57. The molecule has 100 valence electrons. The molecule has 1 aromatic heterocycles. The highest BCUT2D eigenvalue weighted by Gasteiger charge is 2.22. The number of hydrogen-bond acceptors (Lipinski definition) is 6. The van der Waals surface area contributed by atoms with Crippen LogP contribution in [0, 0.1) is 0 Å². The minimum absolute atomic E-state index is 0.211. The van der Waals surface area contributed by atoms with Crippen LogP contribution in [0.25, 0.3) is 0 Å². The molecule has 1 aliphatic rings. The normalized spacial score (nSPS) is 19.9. The van der Waals surface area contributed by atoms with Crippen molar-refractivity contribution in [3.05, 3.63) is 5.28 Å². The zero-order valence-electron chi connectivity index (χ0n) is 10.7. The summed E-state index contributed by atoms with van der Waals surface area (Å²) in [7, 11) is 1.76. The van der Waals surface area contributed by atoms with Crippen molar-refractivity contribution in [2.75, 3.05) is 37.0 Å². The van der Waals surface area contributed by atoms with Gasteiger partial charge in [0.2, 0.25) is 17.2 Å². The maximum atomic E-state index is 5.89. The van der Waals surface area contributed by atoms with Crippen molar-refractivity contribution < 1.29 is 4.74 Å². The standard InChI is InChI=1S/C11H18ClN5O/c1-3-18-8-5-4-6-17(7-8)11-15-9(12)14-10(13-2)16-11/h8H,3-7H2,1-2H3,(H,13,14,15,16). The number of aromatic nitrogens is 3. The van der Waals surface area contributed by atoms with Crippen molar-refractivity contribution in [1.29, 1.82) is 0 Å². The van der Waals surface area contributed by atoms with Gasteiger partial charge < -0.3 is 15.0 Å². The van der Waals surface area contributed by atoms with E-state index >= 15 is 0 Å². The van der Waals surface area contributed by atoms with Gasteiger partial charge in [-0.15, -0.1) is 0 Å². The highest BCUT2D eigenvalue weighted by molar-refractivity contribution is 6.28. The zero-order valence-corrected chi connectivity index (χ0v) is 11.4. The fraction of sp³-hybridized carbons (Fsp3) is 0.727. The van der Waals surface area contributed by atoms with E-state index in [1.807, 2.05) is 6.92 Å². The van der Waals surface area contributed by atoms with E-state index in [1.54, 1.807) is 7.05 Å². The molecular weight excluding hydrogens is 254 g/mol. The first kappa shape index (κ1) is 13.3. The summed E-state index contributed by atoms with van der Waals surface area (Å²) in [5, 5.41) is 3.09. The van der Waals surface area contributed by atoms with Crippen LogP contribution in [0.5, 0.6) is 0 Å². The Bertz CT molecular complexity index is 401. The Kier molecular flexibility index (Phi) is 4.54. The van der Waals surface area contributed by atoms with E-state index in [0.29, 0.717) is 11.9 Å². The molecule has 0 amide bonds. The molecule has 2 heterocycles. The molecule has 0 aromatic carbocycles. The molecule has 1 fully saturated rings. The molecule has 2 rings (SSSR count). The van der Waals surface area contributed by atoms with E-state index in [4.69, 9.17) is 16.3 Å². The lowest BCUT2D eigenvalue weighted by Gasteiger charge is -2.32. The van der Waals surface area contributed by atoms with Gasteiger partial charge in [-0.25, -0.2) is 0 Å². The Morgan fingerprint density at radius 1 is 1.44 bits per heavy atom.